The van der Waals surface area contributed by atoms with Crippen molar-refractivity contribution in [3.63, 3.8) is 0 Å². The van der Waals surface area contributed by atoms with E-state index in [1.165, 1.54) is 6.42 Å². The zero-order valence-electron chi connectivity index (χ0n) is 5.06. The maximum Gasteiger partial charge on any atom is 0.0736 e. The van der Waals surface area contributed by atoms with E-state index in [2.05, 4.69) is 6.92 Å². The first-order chi connectivity index (χ1) is 3.84. The fraction of sp³-hybridized carbons (Fsp3) is 1.00. The van der Waals surface area contributed by atoms with Gasteiger partial charge in [0.1, 0.15) is 0 Å². The van der Waals surface area contributed by atoms with Gasteiger partial charge in [0.25, 0.3) is 0 Å². The largest absolute Gasteiger partial charge is 0.377 e. The smallest absolute Gasteiger partial charge is 0.0736 e. The number of halogens is 1. The molecule has 1 aliphatic rings. The quantitative estimate of drug-likeness (QED) is 0.496. The van der Waals surface area contributed by atoms with Gasteiger partial charge in [-0.25, -0.2) is 0 Å². The van der Waals surface area contributed by atoms with Crippen LogP contribution in [0.2, 0.25) is 0 Å². The number of ether oxygens (including phenoxy) is 1. The van der Waals surface area contributed by atoms with Crippen LogP contribution in [0.1, 0.15) is 13.3 Å². The minimum absolute atomic E-state index is 0.330. The molecule has 0 spiro atoms. The van der Waals surface area contributed by atoms with Crippen LogP contribution in [-0.4, -0.2) is 18.6 Å². The normalized spacial score (nSPS) is 38.2. The molecule has 1 aliphatic heterocycles. The van der Waals surface area contributed by atoms with E-state index in [0.29, 0.717) is 17.9 Å². The molecule has 1 fully saturated rings. The summed E-state index contributed by atoms with van der Waals surface area (Å²) >= 11 is 5.58. The molecular weight excluding hydrogens is 124 g/mol. The average molecular weight is 135 g/mol. The number of hydrogen-bond donors (Lipinski definition) is 0. The molecule has 2 atom stereocenters. The predicted molar refractivity (Wildman–Crippen MR) is 34.2 cm³/mol. The predicted octanol–water partition coefficient (Wildman–Crippen LogP) is 1.65. The molecule has 1 saturated heterocycles. The van der Waals surface area contributed by atoms with Crippen molar-refractivity contribution in [1.82, 2.24) is 0 Å². The maximum atomic E-state index is 5.58. The first-order valence-corrected chi connectivity index (χ1v) is 3.55. The third-order valence-electron chi connectivity index (χ3n) is 1.69. The van der Waals surface area contributed by atoms with Gasteiger partial charge in [0.05, 0.1) is 6.10 Å². The molecule has 1 rings (SSSR count). The highest BCUT2D eigenvalue weighted by Gasteiger charge is 2.22. The van der Waals surface area contributed by atoms with Crippen LogP contribution in [0.5, 0.6) is 0 Å². The molecule has 1 heterocycles. The minimum Gasteiger partial charge on any atom is -0.377 e. The Morgan fingerprint density at radius 1 is 1.75 bits per heavy atom. The lowest BCUT2D eigenvalue weighted by molar-refractivity contribution is 0.112. The van der Waals surface area contributed by atoms with Gasteiger partial charge in [0.2, 0.25) is 0 Å². The molecule has 0 saturated carbocycles. The molecular formula is C6H11ClO. The molecule has 0 N–H and O–H groups in total. The summed E-state index contributed by atoms with van der Waals surface area (Å²) < 4.78 is 5.28. The Bertz CT molecular complexity index is 74.9. The lowest BCUT2D eigenvalue weighted by atomic mass is 10.1. The van der Waals surface area contributed by atoms with Crippen LogP contribution in [0, 0.1) is 5.92 Å². The lowest BCUT2D eigenvalue weighted by Crippen LogP contribution is -2.14. The van der Waals surface area contributed by atoms with Crippen LogP contribution in [0.15, 0.2) is 0 Å². The van der Waals surface area contributed by atoms with E-state index < -0.39 is 0 Å². The number of hydrogen-bond acceptors (Lipinski definition) is 1. The topological polar surface area (TPSA) is 9.23 Å². The van der Waals surface area contributed by atoms with Crippen molar-refractivity contribution < 1.29 is 4.74 Å². The summed E-state index contributed by atoms with van der Waals surface area (Å²) in [5.74, 6) is 1.33. The zero-order chi connectivity index (χ0) is 5.98. The molecule has 0 aromatic heterocycles. The highest BCUT2D eigenvalue weighted by atomic mass is 35.5. The van der Waals surface area contributed by atoms with Crippen LogP contribution < -0.4 is 0 Å². The summed E-state index contributed by atoms with van der Waals surface area (Å²) in [6.45, 7) is 3.08. The van der Waals surface area contributed by atoms with E-state index in [1.54, 1.807) is 0 Å². The van der Waals surface area contributed by atoms with E-state index in [0.717, 1.165) is 6.61 Å². The second-order valence-electron chi connectivity index (χ2n) is 2.33. The van der Waals surface area contributed by atoms with Crippen molar-refractivity contribution in [2.24, 2.45) is 5.92 Å². The van der Waals surface area contributed by atoms with E-state index >= 15 is 0 Å². The third-order valence-corrected chi connectivity index (χ3v) is 2.00. The lowest BCUT2D eigenvalue weighted by Gasteiger charge is -2.08. The summed E-state index contributed by atoms with van der Waals surface area (Å²) in [5.41, 5.74) is 0. The van der Waals surface area contributed by atoms with Crippen molar-refractivity contribution >= 4 is 11.6 Å². The summed E-state index contributed by atoms with van der Waals surface area (Å²) in [6, 6.07) is 0. The molecule has 0 bridgehead atoms. The molecule has 0 aromatic carbocycles. The summed E-state index contributed by atoms with van der Waals surface area (Å²) in [4.78, 5) is 0. The van der Waals surface area contributed by atoms with E-state index in [1.807, 2.05) is 0 Å². The van der Waals surface area contributed by atoms with Gasteiger partial charge >= 0.3 is 0 Å². The van der Waals surface area contributed by atoms with E-state index in [-0.39, 0.29) is 0 Å². The Hall–Kier alpha value is 0.250. The van der Waals surface area contributed by atoms with Gasteiger partial charge in [0.15, 0.2) is 0 Å². The Morgan fingerprint density at radius 2 is 2.50 bits per heavy atom. The number of alkyl halides is 1. The summed E-state index contributed by atoms with van der Waals surface area (Å²) in [7, 11) is 0. The molecule has 2 heteroatoms. The minimum atomic E-state index is 0.330. The molecule has 8 heavy (non-hydrogen) atoms. The summed E-state index contributed by atoms with van der Waals surface area (Å²) in [5, 5.41) is 0. The van der Waals surface area contributed by atoms with Gasteiger partial charge in [-0.05, 0) is 12.3 Å². The number of rotatable bonds is 1. The second-order valence-corrected chi connectivity index (χ2v) is 2.64. The zero-order valence-corrected chi connectivity index (χ0v) is 5.82. The van der Waals surface area contributed by atoms with Crippen molar-refractivity contribution in [2.75, 3.05) is 12.5 Å². The molecule has 48 valence electrons. The molecule has 0 amide bonds. The van der Waals surface area contributed by atoms with Gasteiger partial charge in [-0.3, -0.25) is 0 Å². The van der Waals surface area contributed by atoms with Crippen molar-refractivity contribution in [1.29, 1.82) is 0 Å². The van der Waals surface area contributed by atoms with Gasteiger partial charge < -0.3 is 4.74 Å². The Labute approximate surface area is 55.0 Å². The maximum absolute atomic E-state index is 5.58. The summed E-state index contributed by atoms with van der Waals surface area (Å²) in [6.07, 6.45) is 1.51. The van der Waals surface area contributed by atoms with Crippen LogP contribution in [0.25, 0.3) is 0 Å². The van der Waals surface area contributed by atoms with Crippen molar-refractivity contribution in [2.45, 2.75) is 19.4 Å². The van der Waals surface area contributed by atoms with Crippen LogP contribution >= 0.6 is 11.6 Å². The van der Waals surface area contributed by atoms with Crippen LogP contribution in [0.3, 0.4) is 0 Å². The highest BCUT2D eigenvalue weighted by molar-refractivity contribution is 6.18. The Morgan fingerprint density at radius 3 is 2.75 bits per heavy atom. The van der Waals surface area contributed by atoms with Gasteiger partial charge in [-0.1, -0.05) is 6.92 Å². The molecule has 0 aromatic rings. The van der Waals surface area contributed by atoms with E-state index in [9.17, 15) is 0 Å². The van der Waals surface area contributed by atoms with Crippen molar-refractivity contribution in [3.8, 4) is 0 Å². The van der Waals surface area contributed by atoms with E-state index in [4.69, 9.17) is 16.3 Å². The average Bonchev–Trinajstić information content (AvgIpc) is 2.14. The first-order valence-electron chi connectivity index (χ1n) is 3.02. The van der Waals surface area contributed by atoms with Gasteiger partial charge in [0, 0.05) is 12.5 Å². The molecule has 2 unspecified atom stereocenters. The van der Waals surface area contributed by atoms with Crippen molar-refractivity contribution in [3.05, 3.63) is 0 Å². The van der Waals surface area contributed by atoms with Crippen LogP contribution in [0.4, 0.5) is 0 Å². The van der Waals surface area contributed by atoms with Gasteiger partial charge in [-0.15, -0.1) is 11.6 Å². The standard InChI is InChI=1S/C6H11ClO/c1-5-2-3-8-6(5)4-7/h5-6H,2-4H2,1H3. The SMILES string of the molecule is CC1CCOC1CCl. The highest BCUT2D eigenvalue weighted by Crippen LogP contribution is 2.20. The van der Waals surface area contributed by atoms with Gasteiger partial charge in [-0.2, -0.15) is 0 Å². The third kappa shape index (κ3) is 1.15. The Kier molecular flexibility index (Phi) is 2.15. The fourth-order valence-corrected chi connectivity index (χ4v) is 1.35. The Balaban J connectivity index is 2.30. The molecule has 0 radical (unpaired) electrons. The monoisotopic (exact) mass is 134 g/mol. The fourth-order valence-electron chi connectivity index (χ4n) is 0.952. The molecule has 1 nitrogen and oxygen atoms in total. The van der Waals surface area contributed by atoms with Crippen LogP contribution in [-0.2, 0) is 4.74 Å². The first kappa shape index (κ1) is 6.37. The molecule has 0 aliphatic carbocycles. The second kappa shape index (κ2) is 2.70.